The predicted molar refractivity (Wildman–Crippen MR) is 71.4 cm³/mol. The Labute approximate surface area is 106 Å². The Hall–Kier alpha value is -0.120. The fourth-order valence-electron chi connectivity index (χ4n) is 3.21. The summed E-state index contributed by atoms with van der Waals surface area (Å²) in [7, 11) is 1.80. The number of rotatable bonds is 4. The Morgan fingerprint density at radius 1 is 1.00 bits per heavy atom. The summed E-state index contributed by atoms with van der Waals surface area (Å²) in [6.07, 6.45) is 8.48. The molecule has 0 aromatic rings. The van der Waals surface area contributed by atoms with Crippen LogP contribution in [-0.4, -0.2) is 62.3 Å². The third-order valence-electron chi connectivity index (χ3n) is 4.25. The summed E-state index contributed by atoms with van der Waals surface area (Å²) in [4.78, 5) is 5.34. The number of nitrogens with zero attached hydrogens (tertiary/aromatic N) is 2. The second-order valence-electron chi connectivity index (χ2n) is 5.54. The van der Waals surface area contributed by atoms with E-state index in [4.69, 9.17) is 4.74 Å². The third kappa shape index (κ3) is 4.23. The Kier molecular flexibility index (Phi) is 5.75. The summed E-state index contributed by atoms with van der Waals surface area (Å²) in [6, 6.07) is 0.818. The van der Waals surface area contributed by atoms with Gasteiger partial charge in [0.05, 0.1) is 6.61 Å². The maximum atomic E-state index is 5.19. The van der Waals surface area contributed by atoms with Crippen molar-refractivity contribution in [1.29, 1.82) is 0 Å². The normalized spacial score (nSPS) is 29.1. The largest absolute Gasteiger partial charge is 0.383 e. The van der Waals surface area contributed by atoms with Crippen molar-refractivity contribution in [2.45, 2.75) is 44.6 Å². The van der Waals surface area contributed by atoms with Crippen molar-refractivity contribution >= 4 is 0 Å². The second kappa shape index (κ2) is 7.34. The number of ether oxygens (including phenoxy) is 1. The predicted octanol–water partition coefficient (Wildman–Crippen LogP) is 1.97. The molecule has 0 aromatic heterocycles. The molecule has 0 aliphatic carbocycles. The van der Waals surface area contributed by atoms with E-state index in [0.717, 1.165) is 19.2 Å². The number of piperidine rings is 1. The first-order valence-corrected chi connectivity index (χ1v) is 7.35. The highest BCUT2D eigenvalue weighted by atomic mass is 16.5. The van der Waals surface area contributed by atoms with Crippen LogP contribution in [0.3, 0.4) is 0 Å². The average molecular weight is 240 g/mol. The molecular formula is C14H28N2O. The van der Waals surface area contributed by atoms with Gasteiger partial charge < -0.3 is 4.74 Å². The standard InChI is InChI=1S/C14H28N2O/c1-17-12-11-15-8-6-7-14(13-15)16-9-4-2-3-5-10-16/h14H,2-13H2,1H3/t14-/m0/s1. The number of methoxy groups -OCH3 is 1. The molecule has 2 heterocycles. The average Bonchev–Trinajstić information content (AvgIpc) is 2.65. The molecular weight excluding hydrogens is 212 g/mol. The highest BCUT2D eigenvalue weighted by Crippen LogP contribution is 2.19. The van der Waals surface area contributed by atoms with Gasteiger partial charge in [0, 0.05) is 26.2 Å². The Morgan fingerprint density at radius 3 is 2.47 bits per heavy atom. The highest BCUT2D eigenvalue weighted by Gasteiger charge is 2.25. The fourth-order valence-corrected chi connectivity index (χ4v) is 3.21. The third-order valence-corrected chi connectivity index (χ3v) is 4.25. The van der Waals surface area contributed by atoms with E-state index >= 15 is 0 Å². The topological polar surface area (TPSA) is 15.7 Å². The molecule has 0 bridgehead atoms. The molecule has 2 aliphatic heterocycles. The molecule has 2 rings (SSSR count). The van der Waals surface area contributed by atoms with E-state index in [2.05, 4.69) is 9.80 Å². The maximum Gasteiger partial charge on any atom is 0.0589 e. The zero-order valence-electron chi connectivity index (χ0n) is 11.4. The Bertz CT molecular complexity index is 202. The van der Waals surface area contributed by atoms with E-state index in [1.54, 1.807) is 7.11 Å². The lowest BCUT2D eigenvalue weighted by atomic mass is 10.0. The molecule has 2 saturated heterocycles. The fraction of sp³-hybridized carbons (Fsp3) is 1.00. The Morgan fingerprint density at radius 2 is 1.76 bits per heavy atom. The van der Waals surface area contributed by atoms with Gasteiger partial charge in [-0.25, -0.2) is 0 Å². The van der Waals surface area contributed by atoms with Crippen LogP contribution in [0.2, 0.25) is 0 Å². The van der Waals surface area contributed by atoms with E-state index in [0.29, 0.717) is 0 Å². The van der Waals surface area contributed by atoms with E-state index in [1.165, 1.54) is 64.7 Å². The summed E-state index contributed by atoms with van der Waals surface area (Å²) in [6.45, 7) is 7.20. The molecule has 17 heavy (non-hydrogen) atoms. The number of likely N-dealkylation sites (tertiary alicyclic amines) is 2. The molecule has 1 atom stereocenters. The molecule has 0 radical (unpaired) electrons. The lowest BCUT2D eigenvalue weighted by Crippen LogP contribution is -2.48. The maximum absolute atomic E-state index is 5.19. The quantitative estimate of drug-likeness (QED) is 0.747. The molecule has 0 amide bonds. The van der Waals surface area contributed by atoms with Crippen LogP contribution in [0.4, 0.5) is 0 Å². The zero-order chi connectivity index (χ0) is 11.9. The van der Waals surface area contributed by atoms with Crippen molar-refractivity contribution in [1.82, 2.24) is 9.80 Å². The lowest BCUT2D eigenvalue weighted by molar-refractivity contribution is 0.0775. The van der Waals surface area contributed by atoms with Crippen molar-refractivity contribution in [2.75, 3.05) is 46.4 Å². The smallest absolute Gasteiger partial charge is 0.0589 e. The Balaban J connectivity index is 1.78. The molecule has 3 nitrogen and oxygen atoms in total. The number of hydrogen-bond acceptors (Lipinski definition) is 3. The molecule has 0 saturated carbocycles. The molecule has 2 aliphatic rings. The first kappa shape index (κ1) is 13.3. The molecule has 100 valence electrons. The van der Waals surface area contributed by atoms with Crippen molar-refractivity contribution < 1.29 is 4.74 Å². The summed E-state index contributed by atoms with van der Waals surface area (Å²) in [5.74, 6) is 0. The number of hydrogen-bond donors (Lipinski definition) is 0. The molecule has 0 aromatic carbocycles. The van der Waals surface area contributed by atoms with Crippen molar-refractivity contribution in [3.05, 3.63) is 0 Å². The summed E-state index contributed by atoms with van der Waals surface area (Å²) in [5, 5.41) is 0. The van der Waals surface area contributed by atoms with Crippen LogP contribution >= 0.6 is 0 Å². The van der Waals surface area contributed by atoms with Gasteiger partial charge in [-0.3, -0.25) is 9.80 Å². The zero-order valence-corrected chi connectivity index (χ0v) is 11.4. The second-order valence-corrected chi connectivity index (χ2v) is 5.54. The lowest BCUT2D eigenvalue weighted by Gasteiger charge is -2.39. The minimum Gasteiger partial charge on any atom is -0.383 e. The van der Waals surface area contributed by atoms with Crippen molar-refractivity contribution in [3.63, 3.8) is 0 Å². The van der Waals surface area contributed by atoms with Gasteiger partial charge >= 0.3 is 0 Å². The minimum atomic E-state index is 0.818. The summed E-state index contributed by atoms with van der Waals surface area (Å²) in [5.41, 5.74) is 0. The van der Waals surface area contributed by atoms with Gasteiger partial charge in [-0.1, -0.05) is 12.8 Å². The molecule has 2 fully saturated rings. The van der Waals surface area contributed by atoms with E-state index in [-0.39, 0.29) is 0 Å². The van der Waals surface area contributed by atoms with Crippen molar-refractivity contribution in [2.24, 2.45) is 0 Å². The van der Waals surface area contributed by atoms with Gasteiger partial charge in [0.15, 0.2) is 0 Å². The van der Waals surface area contributed by atoms with E-state index in [1.807, 2.05) is 0 Å². The monoisotopic (exact) mass is 240 g/mol. The first-order chi connectivity index (χ1) is 8.40. The van der Waals surface area contributed by atoms with Crippen LogP contribution in [0.15, 0.2) is 0 Å². The van der Waals surface area contributed by atoms with Crippen LogP contribution in [0.1, 0.15) is 38.5 Å². The summed E-state index contributed by atoms with van der Waals surface area (Å²) < 4.78 is 5.19. The molecule has 0 unspecified atom stereocenters. The van der Waals surface area contributed by atoms with Crippen LogP contribution in [0.5, 0.6) is 0 Å². The van der Waals surface area contributed by atoms with Gasteiger partial charge in [-0.2, -0.15) is 0 Å². The molecule has 0 N–H and O–H groups in total. The highest BCUT2D eigenvalue weighted by molar-refractivity contribution is 4.81. The minimum absolute atomic E-state index is 0.818. The van der Waals surface area contributed by atoms with Crippen LogP contribution in [-0.2, 0) is 4.74 Å². The van der Waals surface area contributed by atoms with Crippen LogP contribution in [0, 0.1) is 0 Å². The first-order valence-electron chi connectivity index (χ1n) is 7.35. The van der Waals surface area contributed by atoms with Crippen molar-refractivity contribution in [3.8, 4) is 0 Å². The van der Waals surface area contributed by atoms with Gasteiger partial charge in [0.1, 0.15) is 0 Å². The van der Waals surface area contributed by atoms with E-state index in [9.17, 15) is 0 Å². The molecule has 3 heteroatoms. The van der Waals surface area contributed by atoms with Crippen LogP contribution in [0.25, 0.3) is 0 Å². The van der Waals surface area contributed by atoms with Gasteiger partial charge in [-0.15, -0.1) is 0 Å². The van der Waals surface area contributed by atoms with Gasteiger partial charge in [0.2, 0.25) is 0 Å². The van der Waals surface area contributed by atoms with Gasteiger partial charge in [-0.05, 0) is 45.3 Å². The van der Waals surface area contributed by atoms with E-state index < -0.39 is 0 Å². The summed E-state index contributed by atoms with van der Waals surface area (Å²) >= 11 is 0. The van der Waals surface area contributed by atoms with Gasteiger partial charge in [0.25, 0.3) is 0 Å². The SMILES string of the molecule is COCCN1CCC[C@H](N2CCCCCC2)C1. The molecule has 0 spiro atoms. The van der Waals surface area contributed by atoms with Crippen LogP contribution < -0.4 is 0 Å².